The molecule has 0 unspecified atom stereocenters. The first-order valence-corrected chi connectivity index (χ1v) is 12.8. The lowest BCUT2D eigenvalue weighted by Crippen LogP contribution is -2.08. The van der Waals surface area contributed by atoms with Gasteiger partial charge in [0, 0.05) is 23.0 Å². The number of aryl methyl sites for hydroxylation is 1. The van der Waals surface area contributed by atoms with Crippen LogP contribution >= 0.6 is 11.6 Å². The van der Waals surface area contributed by atoms with Gasteiger partial charge in [-0.15, -0.1) is 5.10 Å². The maximum absolute atomic E-state index is 15.8. The number of nitrogens with zero attached hydrogens (tertiary/aromatic N) is 5. The molecule has 0 aliphatic carbocycles. The van der Waals surface area contributed by atoms with Crippen LogP contribution in [0.4, 0.5) is 4.39 Å². The molecule has 2 heterocycles. The molecule has 0 radical (unpaired) electrons. The SMILES string of the molecule is Cc1cn(-c2c(F)cc(-c3cccc(S(C)(=O)=O)c3)cc2-n2nncc2-c2ccc(Cl)cc2)cn1. The van der Waals surface area contributed by atoms with Gasteiger partial charge < -0.3 is 4.57 Å². The number of benzene rings is 3. The fourth-order valence-electron chi connectivity index (χ4n) is 3.85. The average molecular weight is 508 g/mol. The molecule has 2 aromatic heterocycles. The van der Waals surface area contributed by atoms with Gasteiger partial charge in [0.15, 0.2) is 9.84 Å². The zero-order valence-electron chi connectivity index (χ0n) is 18.7. The van der Waals surface area contributed by atoms with E-state index >= 15 is 4.39 Å². The van der Waals surface area contributed by atoms with Gasteiger partial charge in [-0.05, 0) is 54.4 Å². The van der Waals surface area contributed by atoms with Gasteiger partial charge in [-0.25, -0.2) is 22.5 Å². The van der Waals surface area contributed by atoms with E-state index in [9.17, 15) is 8.42 Å². The van der Waals surface area contributed by atoms with E-state index in [1.54, 1.807) is 52.0 Å². The summed E-state index contributed by atoms with van der Waals surface area (Å²) in [5, 5.41) is 8.90. The molecule has 0 saturated carbocycles. The summed E-state index contributed by atoms with van der Waals surface area (Å²) in [4.78, 5) is 4.38. The predicted molar refractivity (Wildman–Crippen MR) is 132 cm³/mol. The van der Waals surface area contributed by atoms with Gasteiger partial charge in [0.1, 0.15) is 11.5 Å². The Kier molecular flexibility index (Phi) is 5.74. The van der Waals surface area contributed by atoms with Crippen molar-refractivity contribution >= 4 is 21.4 Å². The summed E-state index contributed by atoms with van der Waals surface area (Å²) in [6.45, 7) is 1.81. The first kappa shape index (κ1) is 22.9. The smallest absolute Gasteiger partial charge is 0.175 e. The van der Waals surface area contributed by atoms with E-state index in [2.05, 4.69) is 15.3 Å². The third kappa shape index (κ3) is 4.48. The molecule has 35 heavy (non-hydrogen) atoms. The second kappa shape index (κ2) is 8.75. The topological polar surface area (TPSA) is 82.7 Å². The minimum Gasteiger partial charge on any atom is -0.301 e. The molecule has 0 atom stereocenters. The Hall–Kier alpha value is -3.82. The third-order valence-electron chi connectivity index (χ3n) is 5.53. The van der Waals surface area contributed by atoms with Gasteiger partial charge >= 0.3 is 0 Å². The van der Waals surface area contributed by atoms with Gasteiger partial charge in [-0.2, -0.15) is 0 Å². The van der Waals surface area contributed by atoms with Crippen molar-refractivity contribution in [2.45, 2.75) is 11.8 Å². The minimum atomic E-state index is -3.44. The Morgan fingerprint density at radius 3 is 2.43 bits per heavy atom. The normalized spacial score (nSPS) is 11.7. The zero-order valence-corrected chi connectivity index (χ0v) is 20.3. The first-order chi connectivity index (χ1) is 16.7. The highest BCUT2D eigenvalue weighted by molar-refractivity contribution is 7.90. The van der Waals surface area contributed by atoms with Crippen LogP contribution in [0.25, 0.3) is 33.8 Å². The van der Waals surface area contributed by atoms with Gasteiger partial charge in [0.2, 0.25) is 0 Å². The number of halogens is 2. The van der Waals surface area contributed by atoms with Crippen LogP contribution in [0.3, 0.4) is 0 Å². The monoisotopic (exact) mass is 507 g/mol. The lowest BCUT2D eigenvalue weighted by molar-refractivity contribution is 0.602. The molecule has 0 saturated heterocycles. The molecule has 0 bridgehead atoms. The largest absolute Gasteiger partial charge is 0.301 e. The van der Waals surface area contributed by atoms with Crippen LogP contribution in [0.15, 0.2) is 84.3 Å². The fourth-order valence-corrected chi connectivity index (χ4v) is 4.64. The molecule has 0 spiro atoms. The Labute approximate surface area is 206 Å². The maximum Gasteiger partial charge on any atom is 0.175 e. The number of rotatable bonds is 5. The lowest BCUT2D eigenvalue weighted by Gasteiger charge is -2.16. The number of hydrogen-bond acceptors (Lipinski definition) is 5. The van der Waals surface area contributed by atoms with Crippen LogP contribution in [-0.4, -0.2) is 39.2 Å². The summed E-state index contributed by atoms with van der Waals surface area (Å²) in [7, 11) is -3.44. The van der Waals surface area contributed by atoms with Crippen molar-refractivity contribution in [1.29, 1.82) is 0 Å². The molecule has 0 fully saturated rings. The molecule has 5 aromatic rings. The molecule has 3 aromatic carbocycles. The Morgan fingerprint density at radius 2 is 1.74 bits per heavy atom. The van der Waals surface area contributed by atoms with Crippen molar-refractivity contribution in [2.75, 3.05) is 6.26 Å². The first-order valence-electron chi connectivity index (χ1n) is 10.5. The van der Waals surface area contributed by atoms with E-state index in [-0.39, 0.29) is 10.6 Å². The van der Waals surface area contributed by atoms with E-state index in [1.807, 2.05) is 19.1 Å². The highest BCUT2D eigenvalue weighted by atomic mass is 35.5. The Balaban J connectivity index is 1.76. The molecule has 0 aliphatic heterocycles. The van der Waals surface area contributed by atoms with Crippen LogP contribution < -0.4 is 0 Å². The molecular formula is C25H19ClFN5O2S. The summed E-state index contributed by atoms with van der Waals surface area (Å²) >= 11 is 6.05. The summed E-state index contributed by atoms with van der Waals surface area (Å²) in [5.41, 5.74) is 3.81. The minimum absolute atomic E-state index is 0.147. The molecule has 0 N–H and O–H groups in total. The summed E-state index contributed by atoms with van der Waals surface area (Å²) < 4.78 is 43.1. The number of imidazole rings is 1. The molecule has 0 aliphatic rings. The fraction of sp³-hybridized carbons (Fsp3) is 0.0800. The van der Waals surface area contributed by atoms with Crippen molar-refractivity contribution in [3.63, 3.8) is 0 Å². The maximum atomic E-state index is 15.8. The van der Waals surface area contributed by atoms with Crippen LogP contribution in [0.5, 0.6) is 0 Å². The van der Waals surface area contributed by atoms with E-state index < -0.39 is 15.7 Å². The highest BCUT2D eigenvalue weighted by Gasteiger charge is 2.20. The van der Waals surface area contributed by atoms with Crippen molar-refractivity contribution in [3.8, 4) is 33.8 Å². The van der Waals surface area contributed by atoms with E-state index in [0.717, 1.165) is 17.5 Å². The molecule has 5 rings (SSSR count). The second-order valence-electron chi connectivity index (χ2n) is 8.09. The van der Waals surface area contributed by atoms with Crippen molar-refractivity contribution in [2.24, 2.45) is 0 Å². The summed E-state index contributed by atoms with van der Waals surface area (Å²) in [5.74, 6) is -0.530. The molecular weight excluding hydrogens is 489 g/mol. The van der Waals surface area contributed by atoms with Crippen molar-refractivity contribution in [3.05, 3.63) is 95.9 Å². The second-order valence-corrected chi connectivity index (χ2v) is 10.5. The standard InChI is InChI=1S/C25H19ClFN5O2S/c1-16-14-31(15-28-16)25-22(27)11-19(18-4-3-5-21(10-18)35(2,33)34)12-23(25)32-24(13-29-30-32)17-6-8-20(26)9-7-17/h3-15H,1-2H3. The van der Waals surface area contributed by atoms with Crippen LogP contribution in [0.2, 0.25) is 5.02 Å². The zero-order chi connectivity index (χ0) is 24.7. The average Bonchev–Trinajstić information content (AvgIpc) is 3.48. The Bertz CT molecular complexity index is 1660. The van der Waals surface area contributed by atoms with Crippen LogP contribution in [0, 0.1) is 12.7 Å². The summed E-state index contributed by atoms with van der Waals surface area (Å²) in [6.07, 6.45) is 5.96. The molecule has 10 heteroatoms. The highest BCUT2D eigenvalue weighted by Crippen LogP contribution is 2.33. The number of sulfone groups is 1. The lowest BCUT2D eigenvalue weighted by atomic mass is 10.0. The van der Waals surface area contributed by atoms with Crippen LogP contribution in [-0.2, 0) is 9.84 Å². The quantitative estimate of drug-likeness (QED) is 0.323. The molecule has 176 valence electrons. The predicted octanol–water partition coefficient (Wildman–Crippen LogP) is 5.29. The van der Waals surface area contributed by atoms with E-state index in [4.69, 9.17) is 11.6 Å². The number of aromatic nitrogens is 5. The van der Waals surface area contributed by atoms with E-state index in [1.165, 1.54) is 24.5 Å². The van der Waals surface area contributed by atoms with Crippen LogP contribution in [0.1, 0.15) is 5.69 Å². The Morgan fingerprint density at radius 1 is 0.971 bits per heavy atom. The van der Waals surface area contributed by atoms with Gasteiger partial charge in [-0.3, -0.25) is 0 Å². The van der Waals surface area contributed by atoms with Crippen molar-refractivity contribution in [1.82, 2.24) is 24.5 Å². The van der Waals surface area contributed by atoms with Gasteiger partial charge in [0.25, 0.3) is 0 Å². The van der Waals surface area contributed by atoms with Gasteiger partial charge in [0.05, 0.1) is 34.5 Å². The van der Waals surface area contributed by atoms with Crippen molar-refractivity contribution < 1.29 is 12.8 Å². The van der Waals surface area contributed by atoms with E-state index in [0.29, 0.717) is 27.5 Å². The summed E-state index contributed by atoms with van der Waals surface area (Å²) in [6, 6.07) is 16.7. The number of hydrogen-bond donors (Lipinski definition) is 0. The molecule has 7 nitrogen and oxygen atoms in total. The van der Waals surface area contributed by atoms with Gasteiger partial charge in [-0.1, -0.05) is 41.1 Å². The third-order valence-corrected chi connectivity index (χ3v) is 6.89. The molecule has 0 amide bonds.